The summed E-state index contributed by atoms with van der Waals surface area (Å²) in [6, 6.07) is 8.47. The van der Waals surface area contributed by atoms with Crippen molar-refractivity contribution in [2.45, 2.75) is 19.3 Å². The monoisotopic (exact) mass is 398 g/mol. The van der Waals surface area contributed by atoms with Gasteiger partial charge in [-0.3, -0.25) is 14.5 Å². The van der Waals surface area contributed by atoms with Crippen LogP contribution in [-0.4, -0.2) is 30.0 Å². The van der Waals surface area contributed by atoms with E-state index < -0.39 is 29.5 Å². The fraction of sp³-hybridized carbons (Fsp3) is 0.190. The van der Waals surface area contributed by atoms with Gasteiger partial charge >= 0.3 is 5.97 Å². The summed E-state index contributed by atoms with van der Waals surface area (Å²) >= 11 is 0. The largest absolute Gasteiger partial charge is 0.495 e. The molecule has 0 saturated heterocycles. The second-order valence-corrected chi connectivity index (χ2v) is 6.67. The second kappa shape index (κ2) is 7.75. The van der Waals surface area contributed by atoms with E-state index in [0.717, 1.165) is 0 Å². The molecule has 2 aromatic rings. The molecule has 0 spiro atoms. The van der Waals surface area contributed by atoms with Gasteiger partial charge in [0.25, 0.3) is 0 Å². The maximum Gasteiger partial charge on any atom is 0.333 e. The van der Waals surface area contributed by atoms with Crippen molar-refractivity contribution in [3.63, 3.8) is 0 Å². The Morgan fingerprint density at radius 1 is 1.28 bits per heavy atom. The van der Waals surface area contributed by atoms with Gasteiger partial charge in [0.15, 0.2) is 0 Å². The van der Waals surface area contributed by atoms with E-state index >= 15 is 0 Å². The van der Waals surface area contributed by atoms with Gasteiger partial charge in [0.05, 0.1) is 18.4 Å². The van der Waals surface area contributed by atoms with E-state index in [2.05, 4.69) is 0 Å². The fourth-order valence-electron chi connectivity index (χ4n) is 3.40. The number of hydrogen-bond acceptors (Lipinski definition) is 4. The number of carboxylic acid groups (broad SMARTS) is 1. The number of aliphatic carboxylic acids is 1. The summed E-state index contributed by atoms with van der Waals surface area (Å²) in [5.74, 6) is -3.37. The number of primary amides is 1. The average Bonchev–Trinajstić information content (AvgIpc) is 2.67. The van der Waals surface area contributed by atoms with Crippen LogP contribution in [-0.2, 0) is 9.59 Å². The molecule has 0 bridgehead atoms. The van der Waals surface area contributed by atoms with Crippen LogP contribution in [0.15, 0.2) is 48.2 Å². The van der Waals surface area contributed by atoms with Crippen molar-refractivity contribution >= 4 is 23.5 Å². The summed E-state index contributed by atoms with van der Waals surface area (Å²) in [6.07, 6.45) is 1.05. The fourth-order valence-corrected chi connectivity index (χ4v) is 3.40. The van der Waals surface area contributed by atoms with Crippen molar-refractivity contribution in [1.29, 1.82) is 0 Å². The van der Waals surface area contributed by atoms with Crippen molar-refractivity contribution in [1.82, 2.24) is 0 Å². The van der Waals surface area contributed by atoms with Crippen LogP contribution in [0.5, 0.6) is 5.75 Å². The number of methoxy groups -OCH3 is 1. The van der Waals surface area contributed by atoms with Gasteiger partial charge in [0.2, 0.25) is 11.8 Å². The highest BCUT2D eigenvalue weighted by Gasteiger charge is 2.34. The molecular weight excluding hydrogens is 379 g/mol. The molecule has 3 rings (SSSR count). The maximum atomic E-state index is 13.6. The van der Waals surface area contributed by atoms with Gasteiger partial charge in [-0.05, 0) is 42.3 Å². The first kappa shape index (κ1) is 20.1. The Bertz CT molecular complexity index is 1050. The minimum atomic E-state index is -1.22. The maximum absolute atomic E-state index is 13.6. The first-order chi connectivity index (χ1) is 13.7. The Labute approximate surface area is 166 Å². The highest BCUT2D eigenvalue weighted by Crippen LogP contribution is 2.39. The number of aryl methyl sites for hydroxylation is 1. The van der Waals surface area contributed by atoms with E-state index in [1.807, 2.05) is 0 Å². The van der Waals surface area contributed by atoms with Crippen molar-refractivity contribution in [2.75, 3.05) is 12.0 Å². The van der Waals surface area contributed by atoms with Crippen LogP contribution in [0.1, 0.15) is 33.8 Å². The normalized spacial score (nSPS) is 16.4. The zero-order valence-electron chi connectivity index (χ0n) is 15.8. The number of benzene rings is 2. The smallest absolute Gasteiger partial charge is 0.333 e. The number of amides is 2. The average molecular weight is 398 g/mol. The first-order valence-electron chi connectivity index (χ1n) is 8.74. The molecule has 2 amide bonds. The molecule has 0 saturated carbocycles. The predicted molar refractivity (Wildman–Crippen MR) is 103 cm³/mol. The van der Waals surface area contributed by atoms with Gasteiger partial charge in [-0.1, -0.05) is 12.1 Å². The Morgan fingerprint density at radius 3 is 2.59 bits per heavy atom. The zero-order valence-corrected chi connectivity index (χ0v) is 15.8. The van der Waals surface area contributed by atoms with Gasteiger partial charge in [0, 0.05) is 24.1 Å². The Balaban J connectivity index is 2.12. The van der Waals surface area contributed by atoms with Crippen molar-refractivity contribution in [3.8, 4) is 5.75 Å². The molecule has 7 nitrogen and oxygen atoms in total. The molecule has 0 fully saturated rings. The number of ether oxygens (including phenoxy) is 1. The molecule has 3 N–H and O–H groups in total. The van der Waals surface area contributed by atoms with Gasteiger partial charge < -0.3 is 15.6 Å². The lowest BCUT2D eigenvalue weighted by molar-refractivity contribution is -0.133. The van der Waals surface area contributed by atoms with Crippen LogP contribution in [0.3, 0.4) is 0 Å². The van der Waals surface area contributed by atoms with E-state index in [1.165, 1.54) is 48.5 Å². The van der Waals surface area contributed by atoms with Crippen molar-refractivity contribution < 1.29 is 28.6 Å². The van der Waals surface area contributed by atoms with Gasteiger partial charge in [0.1, 0.15) is 11.6 Å². The molecule has 1 aliphatic rings. The number of hydrogen-bond donors (Lipinski definition) is 2. The van der Waals surface area contributed by atoms with Crippen molar-refractivity contribution in [3.05, 3.63) is 70.7 Å². The molecule has 0 radical (unpaired) electrons. The molecule has 2 aromatic carbocycles. The number of anilines is 1. The van der Waals surface area contributed by atoms with E-state index in [4.69, 9.17) is 10.5 Å². The molecular formula is C21H19FN2O5. The van der Waals surface area contributed by atoms with Crippen LogP contribution in [0.2, 0.25) is 0 Å². The van der Waals surface area contributed by atoms with E-state index in [-0.39, 0.29) is 29.0 Å². The zero-order chi connectivity index (χ0) is 21.3. The van der Waals surface area contributed by atoms with Crippen LogP contribution in [0.25, 0.3) is 0 Å². The quantitative estimate of drug-likeness (QED) is 0.805. The van der Waals surface area contributed by atoms with Gasteiger partial charge in [-0.25, -0.2) is 9.18 Å². The number of carbonyl (C=O) groups excluding carboxylic acids is 2. The summed E-state index contributed by atoms with van der Waals surface area (Å²) in [5, 5.41) is 9.70. The van der Waals surface area contributed by atoms with E-state index in [1.54, 1.807) is 13.0 Å². The highest BCUT2D eigenvalue weighted by atomic mass is 19.1. The topological polar surface area (TPSA) is 110 Å². The molecule has 29 heavy (non-hydrogen) atoms. The highest BCUT2D eigenvalue weighted by molar-refractivity contribution is 6.04. The Morgan fingerprint density at radius 2 is 2.00 bits per heavy atom. The summed E-state index contributed by atoms with van der Waals surface area (Å²) in [5.41, 5.74) is 6.73. The number of nitrogens with two attached hydrogens (primary N) is 1. The third-order valence-corrected chi connectivity index (χ3v) is 4.84. The standard InChI is InChI=1S/C21H19FN2O5/c1-11-6-17(18(29-2)8-14(11)20(23)26)24-10-16(21(27)28)15(9-19(24)25)12-4-3-5-13(22)7-12/h3-8,10,15H,9H2,1-2H3,(H2,23,26)(H,27,28)/t15-/m0/s1. The molecule has 0 aromatic heterocycles. The number of nitrogens with zero attached hydrogens (tertiary/aromatic N) is 1. The third-order valence-electron chi connectivity index (χ3n) is 4.84. The third kappa shape index (κ3) is 3.82. The summed E-state index contributed by atoms with van der Waals surface area (Å²) in [7, 11) is 1.37. The number of halogens is 1. The molecule has 150 valence electrons. The van der Waals surface area contributed by atoms with E-state index in [9.17, 15) is 23.9 Å². The number of carboxylic acids is 1. The Kier molecular flexibility index (Phi) is 5.36. The molecule has 1 atom stereocenters. The minimum absolute atomic E-state index is 0.0612. The van der Waals surface area contributed by atoms with Gasteiger partial charge in [-0.15, -0.1) is 0 Å². The van der Waals surface area contributed by atoms with Crippen LogP contribution >= 0.6 is 0 Å². The molecule has 1 heterocycles. The molecule has 1 aliphatic heterocycles. The molecule has 0 unspecified atom stereocenters. The Hall–Kier alpha value is -3.68. The van der Waals surface area contributed by atoms with Crippen LogP contribution in [0, 0.1) is 12.7 Å². The summed E-state index contributed by atoms with van der Waals surface area (Å²) < 4.78 is 18.9. The van der Waals surface area contributed by atoms with Gasteiger partial charge in [-0.2, -0.15) is 0 Å². The number of rotatable bonds is 5. The number of carbonyl (C=O) groups is 3. The lowest BCUT2D eigenvalue weighted by Crippen LogP contribution is -2.34. The minimum Gasteiger partial charge on any atom is -0.495 e. The first-order valence-corrected chi connectivity index (χ1v) is 8.74. The summed E-state index contributed by atoms with van der Waals surface area (Å²) in [4.78, 5) is 37.5. The second-order valence-electron chi connectivity index (χ2n) is 6.67. The van der Waals surface area contributed by atoms with E-state index in [0.29, 0.717) is 11.1 Å². The molecule has 8 heteroatoms. The predicted octanol–water partition coefficient (Wildman–Crippen LogP) is 2.73. The van der Waals surface area contributed by atoms with Crippen LogP contribution in [0.4, 0.5) is 10.1 Å². The lowest BCUT2D eigenvalue weighted by Gasteiger charge is -2.30. The summed E-state index contributed by atoms with van der Waals surface area (Å²) in [6.45, 7) is 1.65. The lowest BCUT2D eigenvalue weighted by atomic mass is 9.85. The molecule has 0 aliphatic carbocycles. The SMILES string of the molecule is COc1cc(C(N)=O)c(C)cc1N1C=C(C(=O)O)[C@H](c2cccc(F)c2)CC1=O. The van der Waals surface area contributed by atoms with Crippen LogP contribution < -0.4 is 15.4 Å². The van der Waals surface area contributed by atoms with Crippen molar-refractivity contribution in [2.24, 2.45) is 5.73 Å².